The van der Waals surface area contributed by atoms with Gasteiger partial charge in [0.15, 0.2) is 8.32 Å². The van der Waals surface area contributed by atoms with Gasteiger partial charge in [0.1, 0.15) is 0 Å². The van der Waals surface area contributed by atoms with Crippen molar-refractivity contribution >= 4 is 14.2 Å². The molecule has 0 aromatic heterocycles. The lowest BCUT2D eigenvalue weighted by Crippen LogP contribution is -2.56. The summed E-state index contributed by atoms with van der Waals surface area (Å²) in [6.07, 6.45) is 3.03. The fourth-order valence-electron chi connectivity index (χ4n) is 5.27. The molecule has 2 rings (SSSR count). The molecule has 5 atom stereocenters. The van der Waals surface area contributed by atoms with E-state index in [1.54, 1.807) is 6.08 Å². The van der Waals surface area contributed by atoms with Crippen LogP contribution in [0.15, 0.2) is 36.1 Å². The van der Waals surface area contributed by atoms with E-state index in [0.717, 1.165) is 6.42 Å². The average Bonchev–Trinajstić information content (AvgIpc) is 3.24. The van der Waals surface area contributed by atoms with E-state index in [1.165, 1.54) is 18.1 Å². The highest BCUT2D eigenvalue weighted by atomic mass is 28.4. The summed E-state index contributed by atoms with van der Waals surface area (Å²) < 4.78 is 6.91. The summed E-state index contributed by atoms with van der Waals surface area (Å²) >= 11 is 0. The molecule has 2 saturated carbocycles. The molecule has 2 N–H and O–H groups in total. The van der Waals surface area contributed by atoms with Gasteiger partial charge in [-0.15, -0.1) is 6.58 Å². The van der Waals surface area contributed by atoms with E-state index in [2.05, 4.69) is 73.1 Å². The molecule has 2 fully saturated rings. The van der Waals surface area contributed by atoms with Crippen molar-refractivity contribution in [1.29, 1.82) is 0 Å². The molecule has 0 unspecified atom stereocenters. The summed E-state index contributed by atoms with van der Waals surface area (Å²) in [4.78, 5) is 11.9. The minimum atomic E-state index is -2.01. The number of carbonyl (C=O) groups is 1. The van der Waals surface area contributed by atoms with Gasteiger partial charge in [-0.05, 0) is 56.3 Å². The van der Waals surface area contributed by atoms with Gasteiger partial charge in [-0.1, -0.05) is 45.9 Å². The fourth-order valence-corrected chi connectivity index (χ4v) is 6.61. The Morgan fingerprint density at radius 1 is 1.34 bits per heavy atom. The number of aliphatic hydroxyl groups is 1. The van der Waals surface area contributed by atoms with E-state index >= 15 is 0 Å². The Kier molecular flexibility index (Phi) is 6.24. The molecule has 0 bridgehead atoms. The Bertz CT molecular complexity index is 744. The second kappa shape index (κ2) is 7.51. The van der Waals surface area contributed by atoms with E-state index in [0.29, 0.717) is 12.1 Å². The van der Waals surface area contributed by atoms with Crippen molar-refractivity contribution in [2.45, 2.75) is 91.1 Å². The monoisotopic (exact) mass is 419 g/mol. The zero-order valence-corrected chi connectivity index (χ0v) is 20.9. The van der Waals surface area contributed by atoms with Crippen molar-refractivity contribution < 1.29 is 14.3 Å². The molecular weight excluding hydrogens is 378 g/mol. The van der Waals surface area contributed by atoms with Crippen LogP contribution in [0.2, 0.25) is 18.1 Å². The van der Waals surface area contributed by atoms with E-state index in [-0.39, 0.29) is 28.9 Å². The molecule has 2 aliphatic carbocycles. The number of carbonyl (C=O) groups excluding carboxylic acids is 1. The third-order valence-electron chi connectivity index (χ3n) is 7.62. The van der Waals surface area contributed by atoms with E-state index < -0.39 is 19.3 Å². The van der Waals surface area contributed by atoms with Crippen LogP contribution < -0.4 is 5.32 Å². The van der Waals surface area contributed by atoms with Crippen LogP contribution >= 0.6 is 0 Å². The maximum atomic E-state index is 12.0. The van der Waals surface area contributed by atoms with Crippen LogP contribution in [-0.4, -0.2) is 31.0 Å². The quantitative estimate of drug-likeness (QED) is 0.452. The first-order valence-electron chi connectivity index (χ1n) is 10.7. The lowest BCUT2D eigenvalue weighted by atomic mass is 9.64. The topological polar surface area (TPSA) is 58.6 Å². The molecule has 0 heterocycles. The van der Waals surface area contributed by atoms with Gasteiger partial charge in [0.2, 0.25) is 5.91 Å². The van der Waals surface area contributed by atoms with Crippen molar-refractivity contribution in [2.24, 2.45) is 17.3 Å². The zero-order chi connectivity index (χ0) is 22.6. The maximum absolute atomic E-state index is 12.0. The lowest BCUT2D eigenvalue weighted by Gasteiger charge is -2.49. The van der Waals surface area contributed by atoms with E-state index in [4.69, 9.17) is 4.43 Å². The van der Waals surface area contributed by atoms with E-state index in [1.807, 2.05) is 0 Å². The Labute approximate surface area is 178 Å². The van der Waals surface area contributed by atoms with Gasteiger partial charge in [-0.3, -0.25) is 4.79 Å². The van der Waals surface area contributed by atoms with Gasteiger partial charge in [0, 0.05) is 18.5 Å². The third kappa shape index (κ3) is 3.59. The van der Waals surface area contributed by atoms with Crippen LogP contribution in [0.5, 0.6) is 0 Å². The lowest BCUT2D eigenvalue weighted by molar-refractivity contribution is -0.122. The molecular formula is C24H41NO3Si. The molecule has 1 amide bonds. The van der Waals surface area contributed by atoms with Gasteiger partial charge in [-0.25, -0.2) is 0 Å². The molecule has 0 radical (unpaired) electrons. The number of allylic oxidation sites excluding steroid dienone is 1. The molecule has 164 valence electrons. The molecule has 0 aromatic carbocycles. The average molecular weight is 420 g/mol. The largest absolute Gasteiger partial charge is 0.413 e. The molecule has 0 aliphatic heterocycles. The number of fused-ring (bicyclic) bond motifs is 1. The Morgan fingerprint density at radius 3 is 2.31 bits per heavy atom. The Morgan fingerprint density at radius 2 is 1.90 bits per heavy atom. The van der Waals surface area contributed by atoms with Crippen LogP contribution in [-0.2, 0) is 9.22 Å². The smallest absolute Gasteiger partial charge is 0.221 e. The highest BCUT2D eigenvalue weighted by molar-refractivity contribution is 6.74. The fraction of sp³-hybridized carbons (Fsp3) is 0.708. The number of amides is 1. The summed E-state index contributed by atoms with van der Waals surface area (Å²) in [6.45, 7) is 27.2. The second-order valence-electron chi connectivity index (χ2n) is 10.8. The summed E-state index contributed by atoms with van der Waals surface area (Å²) in [5.41, 5.74) is 1.19. The number of hydrogen-bond donors (Lipinski definition) is 2. The number of hydrogen-bond acceptors (Lipinski definition) is 3. The van der Waals surface area contributed by atoms with Gasteiger partial charge >= 0.3 is 0 Å². The van der Waals surface area contributed by atoms with Crippen molar-refractivity contribution in [1.82, 2.24) is 5.32 Å². The summed E-state index contributed by atoms with van der Waals surface area (Å²) in [6, 6.07) is 0. The van der Waals surface area contributed by atoms with Crippen LogP contribution in [0, 0.1) is 17.3 Å². The molecule has 0 spiro atoms. The Hall–Kier alpha value is -1.17. The first-order chi connectivity index (χ1) is 13.1. The normalized spacial score (nSPS) is 34.3. The maximum Gasteiger partial charge on any atom is 0.221 e. The first-order valence-corrected chi connectivity index (χ1v) is 13.6. The SMILES string of the molecule is C=CC[C@@]1(O)[C@H](C)C[C@H](O[Si](C)(C)C(C)(C)C)[C@@H]2C(=C(C)C)[C@@]21C(=C)NC(C)=O. The zero-order valence-electron chi connectivity index (χ0n) is 19.9. The van der Waals surface area contributed by atoms with Crippen molar-refractivity contribution in [3.05, 3.63) is 36.1 Å². The standard InChI is InChI=1S/C24H41NO3Si/c1-12-13-23(27)16(4)14-19(28-29(10,11)22(7,8)9)21-20(15(2)3)24(21,23)17(5)25-18(6)26/h12,16,19,21,27H,1,5,13-14H2,2-4,6-11H3,(H,25,26)/t16-,19+,21-,23-,24+/m1/s1. The Balaban J connectivity index is 2.63. The molecule has 5 heteroatoms. The molecule has 0 aromatic rings. The predicted molar refractivity (Wildman–Crippen MR) is 123 cm³/mol. The summed E-state index contributed by atoms with van der Waals surface area (Å²) in [5.74, 6) is -0.153. The van der Waals surface area contributed by atoms with Crippen LogP contribution in [0.3, 0.4) is 0 Å². The van der Waals surface area contributed by atoms with Crippen molar-refractivity contribution in [2.75, 3.05) is 0 Å². The van der Waals surface area contributed by atoms with Crippen LogP contribution in [0.4, 0.5) is 0 Å². The van der Waals surface area contributed by atoms with Gasteiger partial charge < -0.3 is 14.8 Å². The third-order valence-corrected chi connectivity index (χ3v) is 12.1. The van der Waals surface area contributed by atoms with Crippen LogP contribution in [0.25, 0.3) is 0 Å². The van der Waals surface area contributed by atoms with E-state index in [9.17, 15) is 9.90 Å². The molecule has 4 nitrogen and oxygen atoms in total. The summed E-state index contributed by atoms with van der Waals surface area (Å²) in [7, 11) is -2.01. The summed E-state index contributed by atoms with van der Waals surface area (Å²) in [5, 5.41) is 15.0. The molecule has 2 aliphatic rings. The molecule has 0 saturated heterocycles. The highest BCUT2D eigenvalue weighted by Gasteiger charge is 2.78. The predicted octanol–water partition coefficient (Wildman–Crippen LogP) is 5.33. The number of nitrogens with one attached hydrogen (secondary N) is 1. The highest BCUT2D eigenvalue weighted by Crippen LogP contribution is 2.76. The van der Waals surface area contributed by atoms with Gasteiger partial charge in [0.25, 0.3) is 0 Å². The van der Waals surface area contributed by atoms with Crippen LogP contribution in [0.1, 0.15) is 61.3 Å². The number of rotatable bonds is 6. The minimum Gasteiger partial charge on any atom is -0.413 e. The van der Waals surface area contributed by atoms with Crippen molar-refractivity contribution in [3.8, 4) is 0 Å². The van der Waals surface area contributed by atoms with Gasteiger partial charge in [0.05, 0.1) is 17.1 Å². The van der Waals surface area contributed by atoms with Crippen molar-refractivity contribution in [3.63, 3.8) is 0 Å². The first kappa shape index (κ1) is 24.1. The second-order valence-corrected chi connectivity index (χ2v) is 15.6. The molecule has 29 heavy (non-hydrogen) atoms. The van der Waals surface area contributed by atoms with Gasteiger partial charge in [-0.2, -0.15) is 0 Å². The minimum absolute atomic E-state index is 0.00592.